The highest BCUT2D eigenvalue weighted by atomic mass is 14.6. The Labute approximate surface area is 73.6 Å². The molecule has 1 aliphatic rings. The topological polar surface area (TPSA) is 26.0 Å². The predicted octanol–water partition coefficient (Wildman–Crippen LogP) is 1.82. The Morgan fingerprint density at radius 2 is 1.92 bits per heavy atom. The second-order valence-electron chi connectivity index (χ2n) is 3.68. The molecule has 1 nitrogen and oxygen atoms in total. The van der Waals surface area contributed by atoms with E-state index in [2.05, 4.69) is 30.3 Å². The third-order valence-corrected chi connectivity index (χ3v) is 2.71. The van der Waals surface area contributed by atoms with Gasteiger partial charge in [0, 0.05) is 0 Å². The fraction of sp³-hybridized carbons (Fsp3) is 0.455. The third-order valence-electron chi connectivity index (χ3n) is 2.71. The SMILES string of the molecule is NCC1CC1Cc1ccccc1. The van der Waals surface area contributed by atoms with Crippen LogP contribution in [-0.2, 0) is 6.42 Å². The number of hydrogen-bond acceptors (Lipinski definition) is 1. The van der Waals surface area contributed by atoms with E-state index in [1.807, 2.05) is 0 Å². The molecule has 1 aromatic rings. The van der Waals surface area contributed by atoms with Crippen LogP contribution in [-0.4, -0.2) is 6.54 Å². The molecule has 0 saturated heterocycles. The van der Waals surface area contributed by atoms with Crippen molar-refractivity contribution in [3.63, 3.8) is 0 Å². The minimum absolute atomic E-state index is 0.810. The van der Waals surface area contributed by atoms with Crippen LogP contribution < -0.4 is 5.73 Å². The van der Waals surface area contributed by atoms with Crippen LogP contribution in [0.4, 0.5) is 0 Å². The summed E-state index contributed by atoms with van der Waals surface area (Å²) in [7, 11) is 0. The molecule has 12 heavy (non-hydrogen) atoms. The molecule has 2 unspecified atom stereocenters. The van der Waals surface area contributed by atoms with E-state index in [9.17, 15) is 0 Å². The summed E-state index contributed by atoms with van der Waals surface area (Å²) < 4.78 is 0. The van der Waals surface area contributed by atoms with Crippen LogP contribution in [0.25, 0.3) is 0 Å². The van der Waals surface area contributed by atoms with E-state index < -0.39 is 0 Å². The van der Waals surface area contributed by atoms with Crippen molar-refractivity contribution in [2.24, 2.45) is 17.6 Å². The molecule has 0 bridgehead atoms. The molecule has 0 spiro atoms. The Hall–Kier alpha value is -0.820. The van der Waals surface area contributed by atoms with Crippen molar-refractivity contribution >= 4 is 0 Å². The molecule has 1 fully saturated rings. The van der Waals surface area contributed by atoms with Gasteiger partial charge in [0.2, 0.25) is 0 Å². The lowest BCUT2D eigenvalue weighted by molar-refractivity contribution is 0.704. The van der Waals surface area contributed by atoms with Gasteiger partial charge >= 0.3 is 0 Å². The molecule has 0 aromatic heterocycles. The number of nitrogens with two attached hydrogens (primary N) is 1. The zero-order valence-electron chi connectivity index (χ0n) is 7.24. The molecule has 1 aliphatic carbocycles. The van der Waals surface area contributed by atoms with Crippen LogP contribution in [0.2, 0.25) is 0 Å². The smallest absolute Gasteiger partial charge is 0.00460 e. The van der Waals surface area contributed by atoms with Gasteiger partial charge < -0.3 is 5.73 Å². The monoisotopic (exact) mass is 161 g/mol. The molecular weight excluding hydrogens is 146 g/mol. The maximum Gasteiger partial charge on any atom is -0.00460 e. The fourth-order valence-corrected chi connectivity index (χ4v) is 1.77. The quantitative estimate of drug-likeness (QED) is 0.719. The Kier molecular flexibility index (Phi) is 2.13. The van der Waals surface area contributed by atoms with Crippen LogP contribution in [0.5, 0.6) is 0 Å². The van der Waals surface area contributed by atoms with Crippen LogP contribution in [0.15, 0.2) is 30.3 Å². The zero-order valence-corrected chi connectivity index (χ0v) is 7.24. The van der Waals surface area contributed by atoms with Gasteiger partial charge in [-0.3, -0.25) is 0 Å². The average Bonchev–Trinajstić information content (AvgIpc) is 2.85. The first-order valence-electron chi connectivity index (χ1n) is 4.64. The minimum Gasteiger partial charge on any atom is -0.330 e. The van der Waals surface area contributed by atoms with E-state index >= 15 is 0 Å². The summed E-state index contributed by atoms with van der Waals surface area (Å²) in [6.45, 7) is 0.873. The van der Waals surface area contributed by atoms with Crippen molar-refractivity contribution in [1.29, 1.82) is 0 Å². The van der Waals surface area contributed by atoms with Gasteiger partial charge in [0.15, 0.2) is 0 Å². The highest BCUT2D eigenvalue weighted by molar-refractivity contribution is 5.16. The lowest BCUT2D eigenvalue weighted by atomic mass is 10.1. The summed E-state index contributed by atoms with van der Waals surface area (Å²) in [5.74, 6) is 1.68. The van der Waals surface area contributed by atoms with E-state index in [1.54, 1.807) is 0 Å². The van der Waals surface area contributed by atoms with Gasteiger partial charge in [-0.1, -0.05) is 30.3 Å². The second-order valence-corrected chi connectivity index (χ2v) is 3.68. The summed E-state index contributed by atoms with van der Waals surface area (Å²) in [6.07, 6.45) is 2.56. The van der Waals surface area contributed by atoms with Crippen molar-refractivity contribution < 1.29 is 0 Å². The maximum atomic E-state index is 5.58. The van der Waals surface area contributed by atoms with Crippen LogP contribution in [0, 0.1) is 11.8 Å². The molecule has 2 rings (SSSR count). The molecule has 1 aromatic carbocycles. The molecular formula is C11H15N. The first-order valence-corrected chi connectivity index (χ1v) is 4.64. The normalized spacial score (nSPS) is 27.1. The average molecular weight is 161 g/mol. The third kappa shape index (κ3) is 1.67. The lowest BCUT2D eigenvalue weighted by Crippen LogP contribution is -2.03. The predicted molar refractivity (Wildman–Crippen MR) is 50.8 cm³/mol. The van der Waals surface area contributed by atoms with Crippen LogP contribution >= 0.6 is 0 Å². The second kappa shape index (κ2) is 3.28. The summed E-state index contributed by atoms with van der Waals surface area (Å²) in [5.41, 5.74) is 7.03. The Balaban J connectivity index is 1.89. The van der Waals surface area contributed by atoms with Gasteiger partial charge in [0.1, 0.15) is 0 Å². The molecule has 64 valence electrons. The Bertz CT molecular complexity index is 242. The van der Waals surface area contributed by atoms with Crippen molar-refractivity contribution in [2.75, 3.05) is 6.54 Å². The van der Waals surface area contributed by atoms with E-state index in [1.165, 1.54) is 18.4 Å². The van der Waals surface area contributed by atoms with Gasteiger partial charge in [-0.15, -0.1) is 0 Å². The largest absolute Gasteiger partial charge is 0.330 e. The Morgan fingerprint density at radius 3 is 2.50 bits per heavy atom. The number of hydrogen-bond donors (Lipinski definition) is 1. The van der Waals surface area contributed by atoms with E-state index in [0.717, 1.165) is 18.4 Å². The van der Waals surface area contributed by atoms with Gasteiger partial charge in [0.25, 0.3) is 0 Å². The summed E-state index contributed by atoms with van der Waals surface area (Å²) in [6, 6.07) is 10.7. The van der Waals surface area contributed by atoms with Crippen LogP contribution in [0.3, 0.4) is 0 Å². The standard InChI is InChI=1S/C11H15N/c12-8-11-7-10(11)6-9-4-2-1-3-5-9/h1-5,10-11H,6-8,12H2. The highest BCUT2D eigenvalue weighted by Gasteiger charge is 2.34. The minimum atomic E-state index is 0.810. The van der Waals surface area contributed by atoms with Crippen molar-refractivity contribution in [1.82, 2.24) is 0 Å². The molecule has 1 saturated carbocycles. The molecule has 0 aliphatic heterocycles. The molecule has 0 radical (unpaired) electrons. The zero-order chi connectivity index (χ0) is 8.39. The van der Waals surface area contributed by atoms with Crippen LogP contribution in [0.1, 0.15) is 12.0 Å². The first-order chi connectivity index (χ1) is 5.90. The number of benzene rings is 1. The molecule has 0 heterocycles. The maximum absolute atomic E-state index is 5.58. The van der Waals surface area contributed by atoms with E-state index in [0.29, 0.717) is 0 Å². The fourth-order valence-electron chi connectivity index (χ4n) is 1.77. The lowest BCUT2D eigenvalue weighted by Gasteiger charge is -1.98. The highest BCUT2D eigenvalue weighted by Crippen LogP contribution is 2.39. The van der Waals surface area contributed by atoms with Crippen molar-refractivity contribution in [2.45, 2.75) is 12.8 Å². The van der Waals surface area contributed by atoms with Crippen molar-refractivity contribution in [3.8, 4) is 0 Å². The van der Waals surface area contributed by atoms with Gasteiger partial charge in [0.05, 0.1) is 0 Å². The van der Waals surface area contributed by atoms with E-state index in [-0.39, 0.29) is 0 Å². The summed E-state index contributed by atoms with van der Waals surface area (Å²) in [5, 5.41) is 0. The van der Waals surface area contributed by atoms with Gasteiger partial charge in [-0.25, -0.2) is 0 Å². The molecule has 2 N–H and O–H groups in total. The summed E-state index contributed by atoms with van der Waals surface area (Å²) in [4.78, 5) is 0. The number of rotatable bonds is 3. The molecule has 1 heteroatoms. The molecule has 2 atom stereocenters. The summed E-state index contributed by atoms with van der Waals surface area (Å²) >= 11 is 0. The van der Waals surface area contributed by atoms with E-state index in [4.69, 9.17) is 5.73 Å². The first kappa shape index (κ1) is 7.81. The van der Waals surface area contributed by atoms with Gasteiger partial charge in [-0.2, -0.15) is 0 Å². The van der Waals surface area contributed by atoms with Gasteiger partial charge in [-0.05, 0) is 36.8 Å². The Morgan fingerprint density at radius 1 is 1.17 bits per heavy atom. The van der Waals surface area contributed by atoms with Crippen molar-refractivity contribution in [3.05, 3.63) is 35.9 Å². The molecule has 0 amide bonds.